The first-order valence-corrected chi connectivity index (χ1v) is 6.06. The van der Waals surface area contributed by atoms with Crippen LogP contribution in [0.1, 0.15) is 15.4 Å². The summed E-state index contributed by atoms with van der Waals surface area (Å²) in [5.74, 6) is -1.39. The van der Waals surface area contributed by atoms with Crippen molar-refractivity contribution in [3.63, 3.8) is 0 Å². The number of carbonyl (C=O) groups excluding carboxylic acids is 1. The molecular formula is C12H9N3O3S. The lowest BCUT2D eigenvalue weighted by Gasteiger charge is -1.99. The number of carboxylic acid groups (broad SMARTS) is 1. The lowest BCUT2D eigenvalue weighted by molar-refractivity contribution is -0.131. The molecule has 2 N–H and O–H groups in total. The summed E-state index contributed by atoms with van der Waals surface area (Å²) in [6, 6.07) is 5.02. The van der Waals surface area contributed by atoms with Gasteiger partial charge in [0.1, 0.15) is 5.69 Å². The van der Waals surface area contributed by atoms with Gasteiger partial charge in [-0.1, -0.05) is 17.4 Å². The van der Waals surface area contributed by atoms with Gasteiger partial charge >= 0.3 is 5.97 Å². The van der Waals surface area contributed by atoms with Gasteiger partial charge in [-0.3, -0.25) is 15.1 Å². The van der Waals surface area contributed by atoms with Crippen molar-refractivity contribution in [2.45, 2.75) is 0 Å². The molecule has 0 aliphatic rings. The zero-order valence-corrected chi connectivity index (χ0v) is 10.4. The van der Waals surface area contributed by atoms with Crippen molar-refractivity contribution in [3.8, 4) is 0 Å². The van der Waals surface area contributed by atoms with Gasteiger partial charge in [0.25, 0.3) is 5.91 Å². The zero-order valence-electron chi connectivity index (χ0n) is 9.61. The van der Waals surface area contributed by atoms with Crippen LogP contribution in [-0.4, -0.2) is 27.0 Å². The molecule has 0 saturated carbocycles. The second kappa shape index (κ2) is 5.87. The van der Waals surface area contributed by atoms with Crippen LogP contribution < -0.4 is 5.32 Å². The number of amides is 1. The maximum atomic E-state index is 11.8. The molecule has 19 heavy (non-hydrogen) atoms. The van der Waals surface area contributed by atoms with E-state index in [0.717, 1.165) is 6.08 Å². The average molecular weight is 275 g/mol. The lowest BCUT2D eigenvalue weighted by atomic mass is 10.3. The number of carbonyl (C=O) groups is 2. The standard InChI is InChI=1S/C12H9N3O3S/c16-10(17)5-4-8-7-14-12(19-8)15-11(18)9-3-1-2-6-13-9/h1-7H,(H,16,17)(H,14,15,18). The Balaban J connectivity index is 2.04. The number of nitrogens with one attached hydrogen (secondary N) is 1. The quantitative estimate of drug-likeness (QED) is 0.831. The number of anilines is 1. The second-order valence-electron chi connectivity index (χ2n) is 3.41. The molecule has 0 atom stereocenters. The van der Waals surface area contributed by atoms with Crippen LogP contribution in [0.2, 0.25) is 0 Å². The predicted molar refractivity (Wildman–Crippen MR) is 71.0 cm³/mol. The van der Waals surface area contributed by atoms with E-state index < -0.39 is 5.97 Å². The molecule has 2 aromatic heterocycles. The van der Waals surface area contributed by atoms with Crippen molar-refractivity contribution >= 4 is 34.4 Å². The lowest BCUT2D eigenvalue weighted by Crippen LogP contribution is -2.12. The molecule has 7 heteroatoms. The number of carboxylic acids is 1. The van der Waals surface area contributed by atoms with Crippen molar-refractivity contribution in [2.75, 3.05) is 5.32 Å². The number of rotatable bonds is 4. The molecule has 0 unspecified atom stereocenters. The van der Waals surface area contributed by atoms with E-state index in [4.69, 9.17) is 5.11 Å². The normalized spacial score (nSPS) is 10.5. The summed E-state index contributed by atoms with van der Waals surface area (Å²) in [5, 5.41) is 11.5. The fourth-order valence-corrected chi connectivity index (χ4v) is 1.95. The van der Waals surface area contributed by atoms with E-state index in [1.807, 2.05) is 0 Å². The Hall–Kier alpha value is -2.54. The number of pyridine rings is 1. The van der Waals surface area contributed by atoms with Crippen LogP contribution >= 0.6 is 11.3 Å². The first-order valence-electron chi connectivity index (χ1n) is 5.24. The summed E-state index contributed by atoms with van der Waals surface area (Å²) in [6.45, 7) is 0. The summed E-state index contributed by atoms with van der Waals surface area (Å²) in [6.07, 6.45) is 5.43. The van der Waals surface area contributed by atoms with Crippen LogP contribution in [0.25, 0.3) is 6.08 Å². The van der Waals surface area contributed by atoms with Crippen molar-refractivity contribution < 1.29 is 14.7 Å². The van der Waals surface area contributed by atoms with Crippen molar-refractivity contribution in [1.29, 1.82) is 0 Å². The smallest absolute Gasteiger partial charge is 0.328 e. The van der Waals surface area contributed by atoms with Gasteiger partial charge in [-0.2, -0.15) is 0 Å². The number of aliphatic carboxylic acids is 1. The summed E-state index contributed by atoms with van der Waals surface area (Å²) < 4.78 is 0. The molecule has 2 rings (SSSR count). The number of hydrogen-bond acceptors (Lipinski definition) is 5. The largest absolute Gasteiger partial charge is 0.478 e. The Bertz CT molecular complexity index is 622. The van der Waals surface area contributed by atoms with Crippen LogP contribution in [0.4, 0.5) is 5.13 Å². The van der Waals surface area contributed by atoms with Gasteiger partial charge in [-0.15, -0.1) is 0 Å². The number of aromatic nitrogens is 2. The van der Waals surface area contributed by atoms with Gasteiger partial charge in [0, 0.05) is 23.3 Å². The predicted octanol–water partition coefficient (Wildman–Crippen LogP) is 1.89. The summed E-state index contributed by atoms with van der Waals surface area (Å²) in [5.41, 5.74) is 0.292. The average Bonchev–Trinajstić information content (AvgIpc) is 2.85. The fourth-order valence-electron chi connectivity index (χ4n) is 1.23. The van der Waals surface area contributed by atoms with E-state index in [0.29, 0.717) is 15.7 Å². The third-order valence-corrected chi connectivity index (χ3v) is 2.91. The summed E-state index contributed by atoms with van der Waals surface area (Å²) >= 11 is 1.18. The molecule has 0 aromatic carbocycles. The van der Waals surface area contributed by atoms with E-state index in [9.17, 15) is 9.59 Å². The Kier molecular flexibility index (Phi) is 3.99. The van der Waals surface area contributed by atoms with E-state index in [2.05, 4.69) is 15.3 Å². The van der Waals surface area contributed by atoms with Crippen LogP contribution in [0, 0.1) is 0 Å². The molecular weight excluding hydrogens is 266 g/mol. The SMILES string of the molecule is O=C(O)C=Cc1cnc(NC(=O)c2ccccn2)s1. The highest BCUT2D eigenvalue weighted by molar-refractivity contribution is 7.16. The highest BCUT2D eigenvalue weighted by atomic mass is 32.1. The van der Waals surface area contributed by atoms with Gasteiger partial charge in [0.05, 0.1) is 0 Å². The molecule has 0 aliphatic heterocycles. The van der Waals surface area contributed by atoms with Gasteiger partial charge in [0.2, 0.25) is 0 Å². The van der Waals surface area contributed by atoms with E-state index in [-0.39, 0.29) is 5.91 Å². The highest BCUT2D eigenvalue weighted by Crippen LogP contribution is 2.19. The number of nitrogens with zero attached hydrogens (tertiary/aromatic N) is 2. The van der Waals surface area contributed by atoms with Crippen LogP contribution in [0.5, 0.6) is 0 Å². The third kappa shape index (κ3) is 3.71. The first-order chi connectivity index (χ1) is 9.15. The topological polar surface area (TPSA) is 92.2 Å². The summed E-state index contributed by atoms with van der Waals surface area (Å²) in [4.78, 5) is 30.7. The van der Waals surface area contributed by atoms with Crippen molar-refractivity contribution in [3.05, 3.63) is 47.2 Å². The number of thiazole rings is 1. The van der Waals surface area contributed by atoms with Crippen LogP contribution in [-0.2, 0) is 4.79 Å². The first kappa shape index (κ1) is 12.9. The van der Waals surface area contributed by atoms with E-state index in [1.54, 1.807) is 18.2 Å². The molecule has 2 heterocycles. The maximum absolute atomic E-state index is 11.8. The van der Waals surface area contributed by atoms with Crippen molar-refractivity contribution in [2.24, 2.45) is 0 Å². The van der Waals surface area contributed by atoms with Gasteiger partial charge in [-0.25, -0.2) is 9.78 Å². The Morgan fingerprint density at radius 1 is 1.32 bits per heavy atom. The summed E-state index contributed by atoms with van der Waals surface area (Å²) in [7, 11) is 0. The molecule has 0 fully saturated rings. The molecule has 1 amide bonds. The maximum Gasteiger partial charge on any atom is 0.328 e. The van der Waals surface area contributed by atoms with Gasteiger partial charge in [-0.05, 0) is 18.2 Å². The van der Waals surface area contributed by atoms with Crippen LogP contribution in [0.15, 0.2) is 36.7 Å². The Morgan fingerprint density at radius 3 is 2.84 bits per heavy atom. The monoisotopic (exact) mass is 275 g/mol. The Morgan fingerprint density at radius 2 is 2.16 bits per heavy atom. The van der Waals surface area contributed by atoms with Crippen LogP contribution in [0.3, 0.4) is 0 Å². The van der Waals surface area contributed by atoms with Gasteiger partial charge < -0.3 is 5.11 Å². The molecule has 0 saturated heterocycles. The molecule has 0 bridgehead atoms. The van der Waals surface area contributed by atoms with E-state index >= 15 is 0 Å². The highest BCUT2D eigenvalue weighted by Gasteiger charge is 2.08. The Labute approximate surface area is 112 Å². The minimum Gasteiger partial charge on any atom is -0.478 e. The van der Waals surface area contributed by atoms with Crippen molar-refractivity contribution in [1.82, 2.24) is 9.97 Å². The van der Waals surface area contributed by atoms with E-state index in [1.165, 1.54) is 29.8 Å². The minimum atomic E-state index is -1.03. The molecule has 2 aromatic rings. The zero-order chi connectivity index (χ0) is 13.7. The minimum absolute atomic E-state index is 0.292. The fraction of sp³-hybridized carbons (Fsp3) is 0. The third-order valence-electron chi connectivity index (χ3n) is 2.03. The van der Waals surface area contributed by atoms with Gasteiger partial charge in [0.15, 0.2) is 5.13 Å². The molecule has 0 aliphatic carbocycles. The molecule has 0 radical (unpaired) electrons. The molecule has 6 nitrogen and oxygen atoms in total. The molecule has 96 valence electrons. The number of hydrogen-bond donors (Lipinski definition) is 2. The molecule has 0 spiro atoms. The second-order valence-corrected chi connectivity index (χ2v) is 4.47.